The Morgan fingerprint density at radius 1 is 1.28 bits per heavy atom. The van der Waals surface area contributed by atoms with Gasteiger partial charge in [0.1, 0.15) is 17.5 Å². The molecular weight excluding hydrogens is 232 g/mol. The van der Waals surface area contributed by atoms with Crippen molar-refractivity contribution in [2.75, 3.05) is 0 Å². The molecular formula is C14H16O4. The monoisotopic (exact) mass is 248 g/mol. The second-order valence-electron chi connectivity index (χ2n) is 6.12. The second kappa shape index (κ2) is 3.23. The third kappa shape index (κ3) is 1.10. The van der Waals surface area contributed by atoms with Crippen LogP contribution in [0.15, 0.2) is 12.2 Å². The van der Waals surface area contributed by atoms with Gasteiger partial charge in [-0.15, -0.1) is 0 Å². The minimum atomic E-state index is -0.814. The van der Waals surface area contributed by atoms with E-state index in [1.165, 1.54) is 0 Å². The van der Waals surface area contributed by atoms with Crippen LogP contribution in [-0.4, -0.2) is 28.6 Å². The standard InChI is InChI=1S/C14H16O4/c15-9-6-10(16)14(4-3-11(17)18-14)13-8-2-1-7(5-8)12(9)13/h1-2,7-8,10,12-13,16H,3-6H2/t7-,8+,10+,12+,13+,14-/m1/s1. The fourth-order valence-corrected chi connectivity index (χ4v) is 4.73. The third-order valence-electron chi connectivity index (χ3n) is 5.38. The van der Waals surface area contributed by atoms with Crippen molar-refractivity contribution in [3.05, 3.63) is 12.2 Å². The van der Waals surface area contributed by atoms with E-state index >= 15 is 0 Å². The lowest BCUT2D eigenvalue weighted by atomic mass is 9.62. The van der Waals surface area contributed by atoms with Crippen molar-refractivity contribution < 1.29 is 19.4 Å². The molecule has 18 heavy (non-hydrogen) atoms. The molecule has 6 atom stereocenters. The summed E-state index contributed by atoms with van der Waals surface area (Å²) in [4.78, 5) is 23.7. The Balaban J connectivity index is 1.80. The van der Waals surface area contributed by atoms with Gasteiger partial charge in [0.15, 0.2) is 0 Å². The highest BCUT2D eigenvalue weighted by Crippen LogP contribution is 2.59. The second-order valence-corrected chi connectivity index (χ2v) is 6.12. The largest absolute Gasteiger partial charge is 0.456 e. The fourth-order valence-electron chi connectivity index (χ4n) is 4.73. The van der Waals surface area contributed by atoms with Gasteiger partial charge in [0.25, 0.3) is 0 Å². The Kier molecular flexibility index (Phi) is 1.93. The molecule has 0 aromatic heterocycles. The van der Waals surface area contributed by atoms with E-state index in [0.29, 0.717) is 24.7 Å². The maximum absolute atomic E-state index is 12.2. The van der Waals surface area contributed by atoms with E-state index in [-0.39, 0.29) is 30.0 Å². The molecule has 3 aliphatic carbocycles. The normalized spacial score (nSPS) is 53.1. The summed E-state index contributed by atoms with van der Waals surface area (Å²) in [6, 6.07) is 0. The molecule has 1 N–H and O–H groups in total. The summed E-state index contributed by atoms with van der Waals surface area (Å²) in [6.45, 7) is 0. The lowest BCUT2D eigenvalue weighted by Crippen LogP contribution is -2.58. The first-order valence-corrected chi connectivity index (χ1v) is 6.73. The van der Waals surface area contributed by atoms with Crippen molar-refractivity contribution in [3.8, 4) is 0 Å². The average molecular weight is 248 g/mol. The summed E-state index contributed by atoms with van der Waals surface area (Å²) >= 11 is 0. The molecule has 2 bridgehead atoms. The van der Waals surface area contributed by atoms with E-state index in [1.807, 2.05) is 0 Å². The summed E-state index contributed by atoms with van der Waals surface area (Å²) in [5, 5.41) is 10.3. The number of hydrogen-bond acceptors (Lipinski definition) is 4. The van der Waals surface area contributed by atoms with Gasteiger partial charge in [-0.2, -0.15) is 0 Å². The third-order valence-corrected chi connectivity index (χ3v) is 5.38. The zero-order chi connectivity index (χ0) is 12.5. The summed E-state index contributed by atoms with van der Waals surface area (Å²) in [6.07, 6.45) is 5.52. The van der Waals surface area contributed by atoms with Crippen molar-refractivity contribution in [2.45, 2.75) is 37.4 Å². The number of ether oxygens (including phenoxy) is 1. The highest BCUT2D eigenvalue weighted by atomic mass is 16.6. The van der Waals surface area contributed by atoms with Crippen LogP contribution in [0.3, 0.4) is 0 Å². The molecule has 0 aromatic rings. The topological polar surface area (TPSA) is 63.6 Å². The number of esters is 1. The average Bonchev–Trinajstić information content (AvgIpc) is 3.00. The Morgan fingerprint density at radius 3 is 2.78 bits per heavy atom. The van der Waals surface area contributed by atoms with E-state index in [9.17, 15) is 14.7 Å². The molecule has 96 valence electrons. The maximum atomic E-state index is 12.2. The first-order valence-electron chi connectivity index (χ1n) is 6.73. The minimum absolute atomic E-state index is 0.00944. The summed E-state index contributed by atoms with van der Waals surface area (Å²) in [7, 11) is 0. The van der Waals surface area contributed by atoms with Crippen LogP contribution in [0.1, 0.15) is 25.7 Å². The van der Waals surface area contributed by atoms with Crippen molar-refractivity contribution in [2.24, 2.45) is 23.7 Å². The Morgan fingerprint density at radius 2 is 2.06 bits per heavy atom. The molecule has 0 aromatic carbocycles. The van der Waals surface area contributed by atoms with E-state index in [4.69, 9.17) is 4.74 Å². The van der Waals surface area contributed by atoms with E-state index in [2.05, 4.69) is 12.2 Å². The quantitative estimate of drug-likeness (QED) is 0.509. The van der Waals surface area contributed by atoms with Gasteiger partial charge in [0, 0.05) is 31.1 Å². The predicted octanol–water partition coefficient (Wildman–Crippen LogP) is 0.834. The molecule has 0 radical (unpaired) electrons. The molecule has 0 amide bonds. The van der Waals surface area contributed by atoms with E-state index < -0.39 is 11.7 Å². The molecule has 2 saturated carbocycles. The highest BCUT2D eigenvalue weighted by molar-refractivity contribution is 5.85. The summed E-state index contributed by atoms with van der Waals surface area (Å²) < 4.78 is 5.54. The Bertz CT molecular complexity index is 468. The van der Waals surface area contributed by atoms with Crippen molar-refractivity contribution in [1.29, 1.82) is 0 Å². The first-order chi connectivity index (χ1) is 8.62. The van der Waals surface area contributed by atoms with Gasteiger partial charge in [0.05, 0.1) is 0 Å². The van der Waals surface area contributed by atoms with Crippen LogP contribution in [0.2, 0.25) is 0 Å². The van der Waals surface area contributed by atoms with Gasteiger partial charge in [0.2, 0.25) is 0 Å². The van der Waals surface area contributed by atoms with Crippen LogP contribution in [-0.2, 0) is 14.3 Å². The SMILES string of the molecule is O=C1CC[C@]2(O1)[C@@H]1[C@H](C(=O)C[C@@H]2O)[C@@H]2C=C[C@H]1C2. The molecule has 0 unspecified atom stereocenters. The van der Waals surface area contributed by atoms with Gasteiger partial charge < -0.3 is 9.84 Å². The summed E-state index contributed by atoms with van der Waals surface area (Å²) in [5.74, 6) is 0.498. The number of Topliss-reactive ketones (excluding diaryl/α,β-unsaturated/α-hetero) is 1. The number of hydrogen-bond donors (Lipinski definition) is 1. The molecule has 3 fully saturated rings. The Hall–Kier alpha value is -1.16. The number of allylic oxidation sites excluding steroid dienone is 2. The number of carbonyl (C=O) groups excluding carboxylic acids is 2. The maximum Gasteiger partial charge on any atom is 0.306 e. The molecule has 1 spiro atoms. The van der Waals surface area contributed by atoms with E-state index in [1.54, 1.807) is 0 Å². The number of aliphatic hydroxyl groups excluding tert-OH is 1. The zero-order valence-electron chi connectivity index (χ0n) is 10.0. The number of carbonyl (C=O) groups is 2. The number of rotatable bonds is 0. The molecule has 4 rings (SSSR count). The number of fused-ring (bicyclic) bond motifs is 6. The Labute approximate surface area is 105 Å². The van der Waals surface area contributed by atoms with Crippen molar-refractivity contribution in [1.82, 2.24) is 0 Å². The lowest BCUT2D eigenvalue weighted by Gasteiger charge is -2.47. The van der Waals surface area contributed by atoms with Crippen LogP contribution in [0, 0.1) is 23.7 Å². The van der Waals surface area contributed by atoms with Crippen molar-refractivity contribution >= 4 is 11.8 Å². The smallest absolute Gasteiger partial charge is 0.306 e. The van der Waals surface area contributed by atoms with Gasteiger partial charge in [-0.25, -0.2) is 0 Å². The van der Waals surface area contributed by atoms with E-state index in [0.717, 1.165) is 6.42 Å². The molecule has 4 nitrogen and oxygen atoms in total. The number of ketones is 1. The van der Waals surface area contributed by atoms with Crippen LogP contribution in [0.4, 0.5) is 0 Å². The lowest BCUT2D eigenvalue weighted by molar-refractivity contribution is -0.186. The number of aliphatic hydroxyl groups is 1. The molecule has 4 heteroatoms. The fraction of sp³-hybridized carbons (Fsp3) is 0.714. The van der Waals surface area contributed by atoms with Crippen LogP contribution in [0.25, 0.3) is 0 Å². The van der Waals surface area contributed by atoms with Crippen molar-refractivity contribution in [3.63, 3.8) is 0 Å². The highest BCUT2D eigenvalue weighted by Gasteiger charge is 2.65. The van der Waals surface area contributed by atoms with Crippen LogP contribution >= 0.6 is 0 Å². The van der Waals surface area contributed by atoms with Crippen LogP contribution in [0.5, 0.6) is 0 Å². The minimum Gasteiger partial charge on any atom is -0.456 e. The predicted molar refractivity (Wildman–Crippen MR) is 61.4 cm³/mol. The molecule has 1 heterocycles. The zero-order valence-corrected chi connectivity index (χ0v) is 10.0. The van der Waals surface area contributed by atoms with Gasteiger partial charge in [-0.1, -0.05) is 12.2 Å². The van der Waals surface area contributed by atoms with Crippen LogP contribution < -0.4 is 0 Å². The van der Waals surface area contributed by atoms with Gasteiger partial charge in [-0.3, -0.25) is 9.59 Å². The van der Waals surface area contributed by atoms with Gasteiger partial charge >= 0.3 is 5.97 Å². The molecule has 1 aliphatic heterocycles. The molecule has 4 aliphatic rings. The summed E-state index contributed by atoms with van der Waals surface area (Å²) in [5.41, 5.74) is -0.778. The first kappa shape index (κ1) is 10.7. The molecule has 1 saturated heterocycles. The van der Waals surface area contributed by atoms with Gasteiger partial charge in [-0.05, 0) is 18.3 Å².